The Balaban J connectivity index is 0.00000364. The van der Waals surface area contributed by atoms with E-state index in [-0.39, 0.29) is 29.8 Å². The molecule has 1 heterocycles. The summed E-state index contributed by atoms with van der Waals surface area (Å²) in [5, 5.41) is 6.44. The van der Waals surface area contributed by atoms with Gasteiger partial charge in [0.25, 0.3) is 0 Å². The van der Waals surface area contributed by atoms with Gasteiger partial charge in [-0.2, -0.15) is 0 Å². The fraction of sp³-hybridized carbons (Fsp3) is 0.400. The van der Waals surface area contributed by atoms with Crippen molar-refractivity contribution in [1.29, 1.82) is 0 Å². The highest BCUT2D eigenvalue weighted by molar-refractivity contribution is 14.0. The molecule has 2 rings (SSSR count). The molecule has 0 saturated heterocycles. The number of nitrogens with zero attached hydrogens (tertiary/aromatic N) is 3. The molecule has 2 aromatic rings. The van der Waals surface area contributed by atoms with Crippen LogP contribution in [-0.2, 0) is 13.1 Å². The van der Waals surface area contributed by atoms with Gasteiger partial charge in [-0.05, 0) is 49.6 Å². The molecule has 0 aliphatic rings. The van der Waals surface area contributed by atoms with E-state index in [1.807, 2.05) is 18.3 Å². The fourth-order valence-corrected chi connectivity index (χ4v) is 2.59. The Kier molecular flexibility index (Phi) is 10.1. The molecule has 0 aliphatic carbocycles. The average molecular weight is 485 g/mol. The molecule has 0 bridgehead atoms. The molecule has 0 fully saturated rings. The fourth-order valence-electron chi connectivity index (χ4n) is 2.59. The highest BCUT2D eigenvalue weighted by Crippen LogP contribution is 2.11. The van der Waals surface area contributed by atoms with Crippen LogP contribution in [0.25, 0.3) is 0 Å². The number of rotatable bonds is 7. The molecular weight excluding hydrogens is 456 g/mol. The van der Waals surface area contributed by atoms with Gasteiger partial charge in [0, 0.05) is 39.4 Å². The molecule has 148 valence electrons. The first-order valence-electron chi connectivity index (χ1n) is 8.96. The maximum atomic E-state index is 13.6. The molecule has 2 N–H and O–H groups in total. The summed E-state index contributed by atoms with van der Waals surface area (Å²) < 4.78 is 13.6. The molecule has 0 atom stereocenters. The monoisotopic (exact) mass is 485 g/mol. The van der Waals surface area contributed by atoms with E-state index in [2.05, 4.69) is 45.4 Å². The second-order valence-corrected chi connectivity index (χ2v) is 6.06. The summed E-state index contributed by atoms with van der Waals surface area (Å²) in [7, 11) is 1.72. The third-order valence-corrected chi connectivity index (χ3v) is 4.28. The van der Waals surface area contributed by atoms with Crippen LogP contribution < -0.4 is 15.5 Å². The van der Waals surface area contributed by atoms with Crippen LogP contribution in [0.5, 0.6) is 0 Å². The van der Waals surface area contributed by atoms with E-state index >= 15 is 0 Å². The molecule has 1 aromatic heterocycles. The number of hydrogen-bond donors (Lipinski definition) is 2. The molecule has 5 nitrogen and oxygen atoms in total. The molecule has 7 heteroatoms. The predicted molar refractivity (Wildman–Crippen MR) is 121 cm³/mol. The largest absolute Gasteiger partial charge is 0.357 e. The highest BCUT2D eigenvalue weighted by Gasteiger charge is 2.04. The first-order chi connectivity index (χ1) is 12.6. The van der Waals surface area contributed by atoms with E-state index in [1.165, 1.54) is 0 Å². The van der Waals surface area contributed by atoms with Crippen molar-refractivity contribution in [3.05, 3.63) is 59.0 Å². The Hall–Kier alpha value is -1.90. The Labute approximate surface area is 178 Å². The summed E-state index contributed by atoms with van der Waals surface area (Å²) in [4.78, 5) is 10.9. The van der Waals surface area contributed by atoms with Crippen molar-refractivity contribution < 1.29 is 4.39 Å². The molecular formula is C20H29FIN5. The zero-order chi connectivity index (χ0) is 18.9. The standard InChI is InChI=1S/C20H28FN5.HI/c1-5-26(6-2)19-10-9-17(13-23-19)14-25-20(22-4)24-12-16-8-7-15(3)18(21)11-16;/h7-11,13H,5-6,12,14H2,1-4H3,(H2,22,24,25);1H. The van der Waals surface area contributed by atoms with Crippen LogP contribution in [0.1, 0.15) is 30.5 Å². The number of halogens is 2. The van der Waals surface area contributed by atoms with Gasteiger partial charge in [-0.3, -0.25) is 4.99 Å². The molecule has 27 heavy (non-hydrogen) atoms. The number of aryl methyl sites for hydroxylation is 1. The average Bonchev–Trinajstić information content (AvgIpc) is 2.66. The number of nitrogens with one attached hydrogen (secondary N) is 2. The van der Waals surface area contributed by atoms with Gasteiger partial charge in [0.15, 0.2) is 5.96 Å². The van der Waals surface area contributed by atoms with Gasteiger partial charge in [0.1, 0.15) is 11.6 Å². The zero-order valence-electron chi connectivity index (χ0n) is 16.4. The Morgan fingerprint density at radius 1 is 1.07 bits per heavy atom. The van der Waals surface area contributed by atoms with Gasteiger partial charge in [0.05, 0.1) is 0 Å². The lowest BCUT2D eigenvalue weighted by Crippen LogP contribution is -2.36. The number of hydrogen-bond acceptors (Lipinski definition) is 3. The van der Waals surface area contributed by atoms with E-state index in [0.717, 1.165) is 30.0 Å². The maximum Gasteiger partial charge on any atom is 0.191 e. The normalized spacial score (nSPS) is 10.9. The second kappa shape index (κ2) is 11.7. The zero-order valence-corrected chi connectivity index (χ0v) is 18.8. The van der Waals surface area contributed by atoms with E-state index in [4.69, 9.17) is 0 Å². The van der Waals surface area contributed by atoms with Crippen molar-refractivity contribution in [3.8, 4) is 0 Å². The summed E-state index contributed by atoms with van der Waals surface area (Å²) >= 11 is 0. The number of guanidine groups is 1. The van der Waals surface area contributed by atoms with Crippen LogP contribution >= 0.6 is 24.0 Å². The molecule has 0 aliphatic heterocycles. The second-order valence-electron chi connectivity index (χ2n) is 6.06. The van der Waals surface area contributed by atoms with Gasteiger partial charge < -0.3 is 15.5 Å². The summed E-state index contributed by atoms with van der Waals surface area (Å²) in [5.41, 5.74) is 2.60. The molecule has 0 unspecified atom stereocenters. The van der Waals surface area contributed by atoms with Crippen molar-refractivity contribution >= 4 is 35.8 Å². The molecule has 0 radical (unpaired) electrons. The third-order valence-electron chi connectivity index (χ3n) is 4.28. The van der Waals surface area contributed by atoms with Gasteiger partial charge in [0.2, 0.25) is 0 Å². The van der Waals surface area contributed by atoms with E-state index in [1.54, 1.807) is 26.1 Å². The van der Waals surface area contributed by atoms with Crippen LogP contribution in [0.2, 0.25) is 0 Å². The molecule has 0 amide bonds. The lowest BCUT2D eigenvalue weighted by atomic mass is 10.1. The highest BCUT2D eigenvalue weighted by atomic mass is 127. The van der Waals surface area contributed by atoms with Crippen molar-refractivity contribution in [2.24, 2.45) is 4.99 Å². The smallest absolute Gasteiger partial charge is 0.191 e. The Morgan fingerprint density at radius 2 is 1.70 bits per heavy atom. The van der Waals surface area contributed by atoms with Crippen molar-refractivity contribution in [3.63, 3.8) is 0 Å². The van der Waals surface area contributed by atoms with E-state index < -0.39 is 0 Å². The van der Waals surface area contributed by atoms with Crippen LogP contribution in [0.4, 0.5) is 10.2 Å². The topological polar surface area (TPSA) is 52.5 Å². The van der Waals surface area contributed by atoms with Crippen LogP contribution in [0, 0.1) is 12.7 Å². The van der Waals surface area contributed by atoms with Crippen molar-refractivity contribution in [2.45, 2.75) is 33.9 Å². The predicted octanol–water partition coefficient (Wildman–Crippen LogP) is 3.86. The molecule has 0 spiro atoms. The van der Waals surface area contributed by atoms with Crippen molar-refractivity contribution in [1.82, 2.24) is 15.6 Å². The van der Waals surface area contributed by atoms with Crippen LogP contribution in [0.3, 0.4) is 0 Å². The SMILES string of the molecule is CCN(CC)c1ccc(CNC(=NC)NCc2ccc(C)c(F)c2)cn1.I. The van der Waals surface area contributed by atoms with E-state index in [0.29, 0.717) is 24.6 Å². The van der Waals surface area contributed by atoms with Crippen LogP contribution in [0.15, 0.2) is 41.5 Å². The number of aromatic nitrogens is 1. The van der Waals surface area contributed by atoms with Gasteiger partial charge in [-0.15, -0.1) is 24.0 Å². The van der Waals surface area contributed by atoms with E-state index in [9.17, 15) is 4.39 Å². The number of benzene rings is 1. The first kappa shape index (κ1) is 23.1. The van der Waals surface area contributed by atoms with Crippen molar-refractivity contribution in [2.75, 3.05) is 25.0 Å². The lowest BCUT2D eigenvalue weighted by molar-refractivity contribution is 0.615. The summed E-state index contributed by atoms with van der Waals surface area (Å²) in [6, 6.07) is 9.34. The Bertz CT molecular complexity index is 730. The number of aliphatic imine (C=N–C) groups is 1. The van der Waals surface area contributed by atoms with Crippen LogP contribution in [-0.4, -0.2) is 31.1 Å². The van der Waals surface area contributed by atoms with Gasteiger partial charge >= 0.3 is 0 Å². The summed E-state index contributed by atoms with van der Waals surface area (Å²) in [5.74, 6) is 1.47. The molecule has 1 aromatic carbocycles. The minimum Gasteiger partial charge on any atom is -0.357 e. The minimum absolute atomic E-state index is 0. The quantitative estimate of drug-likeness (QED) is 0.356. The first-order valence-corrected chi connectivity index (χ1v) is 8.96. The molecule has 0 saturated carbocycles. The Morgan fingerprint density at radius 3 is 2.22 bits per heavy atom. The van der Waals surface area contributed by atoms with Gasteiger partial charge in [-0.25, -0.2) is 9.37 Å². The summed E-state index contributed by atoms with van der Waals surface area (Å²) in [6.07, 6.45) is 1.88. The van der Waals surface area contributed by atoms with Gasteiger partial charge in [-0.1, -0.05) is 18.2 Å². The maximum absolute atomic E-state index is 13.6. The number of anilines is 1. The third kappa shape index (κ3) is 6.97. The number of pyridine rings is 1. The lowest BCUT2D eigenvalue weighted by Gasteiger charge is -2.19. The minimum atomic E-state index is -0.188. The summed E-state index contributed by atoms with van der Waals surface area (Å²) in [6.45, 7) is 9.01.